The fourth-order valence-electron chi connectivity index (χ4n) is 3.95. The van der Waals surface area contributed by atoms with E-state index in [1.165, 1.54) is 18.7 Å². The Morgan fingerprint density at radius 2 is 1.89 bits per heavy atom. The largest absolute Gasteiger partial charge is 0.417 e. The molecule has 1 aliphatic rings. The van der Waals surface area contributed by atoms with E-state index >= 15 is 0 Å². The van der Waals surface area contributed by atoms with E-state index in [0.717, 1.165) is 25.1 Å². The highest BCUT2D eigenvalue weighted by molar-refractivity contribution is 7.17. The maximum absolute atomic E-state index is 14.2. The van der Waals surface area contributed by atoms with Gasteiger partial charge in [-0.3, -0.25) is 9.59 Å². The van der Waals surface area contributed by atoms with Crippen LogP contribution in [0.25, 0.3) is 10.4 Å². The van der Waals surface area contributed by atoms with Crippen molar-refractivity contribution in [3.05, 3.63) is 28.5 Å². The predicted molar refractivity (Wildman–Crippen MR) is 138 cm³/mol. The van der Waals surface area contributed by atoms with E-state index in [1.807, 2.05) is 6.92 Å². The lowest BCUT2D eigenvalue weighted by Crippen LogP contribution is -2.44. The van der Waals surface area contributed by atoms with Crippen molar-refractivity contribution in [2.45, 2.75) is 83.8 Å². The normalized spacial score (nSPS) is 17.4. The van der Waals surface area contributed by atoms with Gasteiger partial charge in [-0.15, -0.1) is 11.3 Å². The Bertz CT molecular complexity index is 1190. The van der Waals surface area contributed by atoms with Crippen LogP contribution in [0, 0.1) is 0 Å². The lowest BCUT2D eigenvalue weighted by atomic mass is 10.0. The van der Waals surface area contributed by atoms with Crippen molar-refractivity contribution >= 4 is 29.0 Å². The standard InChI is InChI=1S/C25H34F3N5O4S/c1-13-8-7-9-33(13)22(36)18-19(38-21(31-18)20(35)30-12-16(34)24(5,6)37)14-11-29-17(32-23(2,3)4)10-15(14)25(26,27)28/h10-11,13,16,34,37H,7-9,12H2,1-6H3,(H,29,32)(H,30,35)/t13-,16-/m0/s1. The molecule has 0 aromatic carbocycles. The molecule has 2 amide bonds. The van der Waals surface area contributed by atoms with Crippen LogP contribution in [0.4, 0.5) is 19.0 Å². The van der Waals surface area contributed by atoms with E-state index in [9.17, 15) is 33.0 Å². The number of hydrogen-bond donors (Lipinski definition) is 4. The monoisotopic (exact) mass is 557 g/mol. The van der Waals surface area contributed by atoms with Gasteiger partial charge < -0.3 is 25.7 Å². The Hall–Kier alpha value is -2.77. The van der Waals surface area contributed by atoms with Gasteiger partial charge in [0.1, 0.15) is 11.5 Å². The van der Waals surface area contributed by atoms with Gasteiger partial charge in [0, 0.05) is 36.4 Å². The summed E-state index contributed by atoms with van der Waals surface area (Å²) in [6, 6.07) is 0.752. The first kappa shape index (κ1) is 29.8. The Morgan fingerprint density at radius 3 is 2.42 bits per heavy atom. The quantitative estimate of drug-likeness (QED) is 0.406. The third kappa shape index (κ3) is 7.00. The van der Waals surface area contributed by atoms with Gasteiger partial charge in [-0.2, -0.15) is 13.2 Å². The zero-order valence-corrected chi connectivity index (χ0v) is 23.0. The number of aromatic nitrogens is 2. The first-order valence-corrected chi connectivity index (χ1v) is 13.1. The second-order valence-corrected chi connectivity index (χ2v) is 12.1. The molecule has 0 radical (unpaired) electrons. The van der Waals surface area contributed by atoms with E-state index in [0.29, 0.717) is 17.9 Å². The minimum atomic E-state index is -4.78. The highest BCUT2D eigenvalue weighted by Gasteiger charge is 2.38. The number of hydrogen-bond acceptors (Lipinski definition) is 8. The highest BCUT2D eigenvalue weighted by atomic mass is 32.1. The highest BCUT2D eigenvalue weighted by Crippen LogP contribution is 2.42. The SMILES string of the molecule is C[C@H]1CCCN1C(=O)c1nc(C(=O)NC[C@H](O)C(C)(C)O)sc1-c1cnc(NC(C)(C)C)cc1C(F)(F)F. The summed E-state index contributed by atoms with van der Waals surface area (Å²) in [5.74, 6) is -1.35. The number of amides is 2. The molecule has 38 heavy (non-hydrogen) atoms. The van der Waals surface area contributed by atoms with Gasteiger partial charge in [-0.25, -0.2) is 9.97 Å². The van der Waals surface area contributed by atoms with Crippen molar-refractivity contribution in [1.29, 1.82) is 0 Å². The van der Waals surface area contributed by atoms with Gasteiger partial charge in [-0.05, 0) is 60.5 Å². The summed E-state index contributed by atoms with van der Waals surface area (Å²) in [6.45, 7) is 10.0. The first-order valence-electron chi connectivity index (χ1n) is 12.2. The molecule has 1 saturated heterocycles. The number of nitrogens with zero attached hydrogens (tertiary/aromatic N) is 3. The van der Waals surface area contributed by atoms with E-state index in [2.05, 4.69) is 20.6 Å². The molecule has 0 bridgehead atoms. The Morgan fingerprint density at radius 1 is 1.24 bits per heavy atom. The molecule has 3 rings (SSSR count). The molecule has 2 aromatic heterocycles. The minimum absolute atomic E-state index is 0.0118. The van der Waals surface area contributed by atoms with Crippen molar-refractivity contribution in [2.24, 2.45) is 0 Å². The zero-order valence-electron chi connectivity index (χ0n) is 22.2. The van der Waals surface area contributed by atoms with Crippen LogP contribution in [0.5, 0.6) is 0 Å². The van der Waals surface area contributed by atoms with Crippen LogP contribution in [0.1, 0.15) is 80.2 Å². The molecular weight excluding hydrogens is 523 g/mol. The number of thiazole rings is 1. The van der Waals surface area contributed by atoms with E-state index in [1.54, 1.807) is 20.8 Å². The molecular formula is C25H34F3N5O4S. The molecule has 0 aliphatic carbocycles. The van der Waals surface area contributed by atoms with Crippen molar-refractivity contribution in [2.75, 3.05) is 18.4 Å². The number of anilines is 1. The summed E-state index contributed by atoms with van der Waals surface area (Å²) < 4.78 is 42.7. The fourth-order valence-corrected chi connectivity index (χ4v) is 4.95. The van der Waals surface area contributed by atoms with Gasteiger partial charge in [-0.1, -0.05) is 0 Å². The summed E-state index contributed by atoms with van der Waals surface area (Å²) in [7, 11) is 0. The molecule has 210 valence electrons. The zero-order chi connectivity index (χ0) is 28.6. The van der Waals surface area contributed by atoms with Crippen LogP contribution in [0.2, 0.25) is 0 Å². The third-order valence-corrected chi connectivity index (χ3v) is 7.15. The van der Waals surface area contributed by atoms with Crippen LogP contribution in [0.3, 0.4) is 0 Å². The smallest absolute Gasteiger partial charge is 0.388 e. The average molecular weight is 558 g/mol. The third-order valence-electron chi connectivity index (χ3n) is 6.07. The number of alkyl halides is 3. The molecule has 4 N–H and O–H groups in total. The summed E-state index contributed by atoms with van der Waals surface area (Å²) in [6.07, 6.45) is -3.56. The Balaban J connectivity index is 2.10. The lowest BCUT2D eigenvalue weighted by molar-refractivity contribution is -0.137. The Kier molecular flexibility index (Phi) is 8.44. The van der Waals surface area contributed by atoms with Gasteiger partial charge in [0.15, 0.2) is 5.01 Å². The molecule has 2 atom stereocenters. The van der Waals surface area contributed by atoms with Crippen LogP contribution in [-0.2, 0) is 6.18 Å². The minimum Gasteiger partial charge on any atom is -0.388 e. The maximum atomic E-state index is 14.2. The van der Waals surface area contributed by atoms with Crippen LogP contribution in [-0.4, -0.2) is 73.3 Å². The number of aliphatic hydroxyl groups excluding tert-OH is 1. The van der Waals surface area contributed by atoms with E-state index in [-0.39, 0.29) is 39.5 Å². The molecule has 9 nitrogen and oxygen atoms in total. The number of rotatable bonds is 7. The molecule has 3 heterocycles. The summed E-state index contributed by atoms with van der Waals surface area (Å²) >= 11 is 0.642. The number of carbonyl (C=O) groups is 2. The molecule has 0 spiro atoms. The van der Waals surface area contributed by atoms with Crippen molar-refractivity contribution in [3.8, 4) is 10.4 Å². The van der Waals surface area contributed by atoms with Gasteiger partial charge in [0.25, 0.3) is 11.8 Å². The predicted octanol–water partition coefficient (Wildman–Crippen LogP) is 3.92. The molecule has 1 aliphatic heterocycles. The molecule has 0 unspecified atom stereocenters. The van der Waals surface area contributed by atoms with E-state index < -0.39 is 40.8 Å². The number of aliphatic hydroxyl groups is 2. The van der Waals surface area contributed by atoms with Gasteiger partial charge in [0.05, 0.1) is 22.1 Å². The first-order chi connectivity index (χ1) is 17.4. The van der Waals surface area contributed by atoms with E-state index in [4.69, 9.17) is 0 Å². The molecule has 0 saturated carbocycles. The second-order valence-electron chi connectivity index (χ2n) is 11.1. The molecule has 2 aromatic rings. The van der Waals surface area contributed by atoms with Crippen molar-refractivity contribution < 1.29 is 33.0 Å². The number of halogens is 3. The molecule has 1 fully saturated rings. The summed E-state index contributed by atoms with van der Waals surface area (Å²) in [4.78, 5) is 36.0. The maximum Gasteiger partial charge on any atom is 0.417 e. The second kappa shape index (κ2) is 10.8. The number of pyridine rings is 1. The fraction of sp³-hybridized carbons (Fsp3) is 0.600. The summed E-state index contributed by atoms with van der Waals surface area (Å²) in [5, 5.41) is 25.0. The number of carbonyl (C=O) groups excluding carboxylic acids is 2. The van der Waals surface area contributed by atoms with Gasteiger partial charge >= 0.3 is 6.18 Å². The molecule has 13 heteroatoms. The topological polar surface area (TPSA) is 128 Å². The number of nitrogens with one attached hydrogen (secondary N) is 2. The van der Waals surface area contributed by atoms with Crippen molar-refractivity contribution in [1.82, 2.24) is 20.2 Å². The average Bonchev–Trinajstić information content (AvgIpc) is 3.41. The number of likely N-dealkylation sites (tertiary alicyclic amines) is 1. The van der Waals surface area contributed by atoms with Crippen LogP contribution < -0.4 is 10.6 Å². The van der Waals surface area contributed by atoms with Gasteiger partial charge in [0.2, 0.25) is 0 Å². The van der Waals surface area contributed by atoms with Crippen molar-refractivity contribution in [3.63, 3.8) is 0 Å². The van der Waals surface area contributed by atoms with Crippen LogP contribution in [0.15, 0.2) is 12.3 Å². The Labute approximate surface area is 223 Å². The van der Waals surface area contributed by atoms with Crippen LogP contribution >= 0.6 is 11.3 Å². The lowest BCUT2D eigenvalue weighted by Gasteiger charge is -2.24. The summed E-state index contributed by atoms with van der Waals surface area (Å²) in [5.41, 5.74) is -3.69.